The van der Waals surface area contributed by atoms with Crippen molar-refractivity contribution in [3.05, 3.63) is 39.9 Å². The van der Waals surface area contributed by atoms with Crippen molar-refractivity contribution in [2.24, 2.45) is 0 Å². The molecule has 116 valence electrons. The number of unbranched alkanes of at least 4 members (excludes halogenated alkanes) is 1. The summed E-state index contributed by atoms with van der Waals surface area (Å²) in [7, 11) is 0. The number of carbonyl (C=O) groups excluding carboxylic acids is 2. The SMILES string of the molecule is Cc1cccc(Cl)c1NC(=O)c1cnc(NCCCC=O)s1. The Bertz CT molecular complexity index is 652. The summed E-state index contributed by atoms with van der Waals surface area (Å²) in [6.45, 7) is 2.53. The molecule has 0 aliphatic carbocycles. The van der Waals surface area contributed by atoms with E-state index in [1.54, 1.807) is 6.07 Å². The smallest absolute Gasteiger partial charge is 0.267 e. The summed E-state index contributed by atoms with van der Waals surface area (Å²) >= 11 is 7.36. The Morgan fingerprint density at radius 3 is 3.00 bits per heavy atom. The Morgan fingerprint density at radius 1 is 1.45 bits per heavy atom. The third-order valence-electron chi connectivity index (χ3n) is 2.96. The highest BCUT2D eigenvalue weighted by Crippen LogP contribution is 2.27. The molecule has 1 heterocycles. The minimum Gasteiger partial charge on any atom is -0.361 e. The predicted octanol–water partition coefficient (Wildman–Crippen LogP) is 3.75. The van der Waals surface area contributed by atoms with E-state index >= 15 is 0 Å². The van der Waals surface area contributed by atoms with E-state index < -0.39 is 0 Å². The molecule has 1 amide bonds. The molecular weight excluding hydrogens is 322 g/mol. The van der Waals surface area contributed by atoms with Gasteiger partial charge in [-0.3, -0.25) is 4.79 Å². The Kier molecular flexibility index (Phi) is 5.91. The van der Waals surface area contributed by atoms with E-state index in [0.29, 0.717) is 33.7 Å². The molecule has 0 atom stereocenters. The summed E-state index contributed by atoms with van der Waals surface area (Å²) in [6.07, 6.45) is 3.66. The third-order valence-corrected chi connectivity index (χ3v) is 4.23. The number of amides is 1. The molecule has 0 aliphatic heterocycles. The number of nitrogens with zero attached hydrogens (tertiary/aromatic N) is 1. The van der Waals surface area contributed by atoms with E-state index in [1.807, 2.05) is 19.1 Å². The van der Waals surface area contributed by atoms with Crippen molar-refractivity contribution < 1.29 is 9.59 Å². The lowest BCUT2D eigenvalue weighted by Crippen LogP contribution is -2.11. The maximum atomic E-state index is 12.2. The number of para-hydroxylation sites is 1. The molecule has 5 nitrogen and oxygen atoms in total. The molecule has 0 bridgehead atoms. The van der Waals surface area contributed by atoms with Gasteiger partial charge in [0.2, 0.25) is 0 Å². The lowest BCUT2D eigenvalue weighted by molar-refractivity contribution is -0.107. The van der Waals surface area contributed by atoms with Crippen LogP contribution in [-0.4, -0.2) is 23.7 Å². The van der Waals surface area contributed by atoms with Crippen molar-refractivity contribution in [2.75, 3.05) is 17.2 Å². The Labute approximate surface area is 137 Å². The van der Waals surface area contributed by atoms with Crippen molar-refractivity contribution in [3.8, 4) is 0 Å². The number of aryl methyl sites for hydroxylation is 1. The van der Waals surface area contributed by atoms with E-state index in [2.05, 4.69) is 15.6 Å². The second kappa shape index (κ2) is 7.91. The molecule has 0 fully saturated rings. The maximum absolute atomic E-state index is 12.2. The number of nitrogens with one attached hydrogen (secondary N) is 2. The number of hydrogen-bond donors (Lipinski definition) is 2. The number of thiazole rings is 1. The second-order valence-corrected chi connectivity index (χ2v) is 6.09. The Morgan fingerprint density at radius 2 is 2.27 bits per heavy atom. The number of anilines is 2. The fourth-order valence-corrected chi connectivity index (χ4v) is 2.81. The third kappa shape index (κ3) is 4.29. The molecule has 2 rings (SSSR count). The molecule has 0 radical (unpaired) electrons. The van der Waals surface area contributed by atoms with Crippen molar-refractivity contribution in [3.63, 3.8) is 0 Å². The fourth-order valence-electron chi connectivity index (χ4n) is 1.81. The lowest BCUT2D eigenvalue weighted by Gasteiger charge is -2.08. The van der Waals surface area contributed by atoms with Crippen molar-refractivity contribution in [1.29, 1.82) is 0 Å². The zero-order valence-electron chi connectivity index (χ0n) is 12.1. The topological polar surface area (TPSA) is 71.1 Å². The first-order chi connectivity index (χ1) is 10.6. The number of aldehydes is 1. The molecule has 1 aromatic carbocycles. The van der Waals surface area contributed by atoms with Gasteiger partial charge in [-0.05, 0) is 25.0 Å². The van der Waals surface area contributed by atoms with Gasteiger partial charge >= 0.3 is 0 Å². The van der Waals surface area contributed by atoms with Gasteiger partial charge in [0.25, 0.3) is 5.91 Å². The van der Waals surface area contributed by atoms with Crippen LogP contribution in [0.4, 0.5) is 10.8 Å². The molecule has 2 aromatic rings. The first-order valence-corrected chi connectivity index (χ1v) is 8.01. The van der Waals surface area contributed by atoms with Gasteiger partial charge in [-0.1, -0.05) is 35.1 Å². The molecule has 1 aromatic heterocycles. The first kappa shape index (κ1) is 16.5. The van der Waals surface area contributed by atoms with E-state index in [0.717, 1.165) is 18.3 Å². The fraction of sp³-hybridized carbons (Fsp3) is 0.267. The molecule has 2 N–H and O–H groups in total. The monoisotopic (exact) mass is 337 g/mol. The van der Waals surface area contributed by atoms with E-state index in [1.165, 1.54) is 17.5 Å². The standard InChI is InChI=1S/C15H16ClN3O2S/c1-10-5-4-6-11(16)13(10)19-14(21)12-9-18-15(22-12)17-7-2-3-8-20/h4-6,8-9H,2-3,7H2,1H3,(H,17,18)(H,19,21). The summed E-state index contributed by atoms with van der Waals surface area (Å²) in [5.74, 6) is -0.241. The number of hydrogen-bond acceptors (Lipinski definition) is 5. The summed E-state index contributed by atoms with van der Waals surface area (Å²) in [4.78, 5) is 27.1. The van der Waals surface area contributed by atoms with Crippen LogP contribution in [0, 0.1) is 6.92 Å². The quantitative estimate of drug-likeness (QED) is 0.596. The van der Waals surface area contributed by atoms with Crippen molar-refractivity contribution in [1.82, 2.24) is 4.98 Å². The van der Waals surface area contributed by atoms with Crippen LogP contribution in [0.2, 0.25) is 5.02 Å². The largest absolute Gasteiger partial charge is 0.361 e. The minimum atomic E-state index is -0.241. The van der Waals surface area contributed by atoms with Crippen LogP contribution in [0.5, 0.6) is 0 Å². The maximum Gasteiger partial charge on any atom is 0.267 e. The number of benzene rings is 1. The molecule has 0 saturated heterocycles. The first-order valence-electron chi connectivity index (χ1n) is 6.81. The van der Waals surface area contributed by atoms with E-state index in [9.17, 15) is 9.59 Å². The molecular formula is C15H16ClN3O2S. The highest BCUT2D eigenvalue weighted by atomic mass is 35.5. The van der Waals surface area contributed by atoms with Crippen LogP contribution in [0.25, 0.3) is 0 Å². The highest BCUT2D eigenvalue weighted by Gasteiger charge is 2.13. The average Bonchev–Trinajstić information content (AvgIpc) is 2.96. The number of halogens is 1. The van der Waals surface area contributed by atoms with Crippen molar-refractivity contribution >= 4 is 46.0 Å². The minimum absolute atomic E-state index is 0.241. The van der Waals surface area contributed by atoms with Crippen molar-refractivity contribution in [2.45, 2.75) is 19.8 Å². The zero-order valence-corrected chi connectivity index (χ0v) is 13.6. The van der Waals surface area contributed by atoms with Gasteiger partial charge in [0, 0.05) is 13.0 Å². The zero-order chi connectivity index (χ0) is 15.9. The summed E-state index contributed by atoms with van der Waals surface area (Å²) < 4.78 is 0. The Balaban J connectivity index is 1.98. The van der Waals surface area contributed by atoms with Crippen LogP contribution in [0.3, 0.4) is 0 Å². The Hall–Kier alpha value is -1.92. The average molecular weight is 338 g/mol. The highest BCUT2D eigenvalue weighted by molar-refractivity contribution is 7.17. The molecule has 7 heteroatoms. The van der Waals surface area contributed by atoms with Crippen LogP contribution in [0.15, 0.2) is 24.4 Å². The number of carbonyl (C=O) groups is 2. The van der Waals surface area contributed by atoms with E-state index in [4.69, 9.17) is 11.6 Å². The van der Waals surface area contributed by atoms with Gasteiger partial charge in [-0.15, -0.1) is 0 Å². The predicted molar refractivity (Wildman–Crippen MR) is 90.0 cm³/mol. The second-order valence-electron chi connectivity index (χ2n) is 4.65. The van der Waals surface area contributed by atoms with Gasteiger partial charge in [0.05, 0.1) is 16.9 Å². The van der Waals surface area contributed by atoms with Gasteiger partial charge < -0.3 is 15.4 Å². The van der Waals surface area contributed by atoms with Gasteiger partial charge in [-0.2, -0.15) is 0 Å². The molecule has 0 unspecified atom stereocenters. The summed E-state index contributed by atoms with van der Waals surface area (Å²) in [5.41, 5.74) is 1.51. The number of aromatic nitrogens is 1. The number of rotatable bonds is 7. The lowest BCUT2D eigenvalue weighted by atomic mass is 10.2. The molecule has 0 spiro atoms. The molecule has 22 heavy (non-hydrogen) atoms. The van der Waals surface area contributed by atoms with Gasteiger partial charge in [0.1, 0.15) is 11.2 Å². The van der Waals surface area contributed by atoms with Gasteiger partial charge in [-0.25, -0.2) is 4.98 Å². The van der Waals surface area contributed by atoms with Crippen LogP contribution in [-0.2, 0) is 4.79 Å². The van der Waals surface area contributed by atoms with Crippen LogP contribution >= 0.6 is 22.9 Å². The van der Waals surface area contributed by atoms with E-state index in [-0.39, 0.29) is 5.91 Å². The molecule has 0 saturated carbocycles. The normalized spacial score (nSPS) is 10.3. The van der Waals surface area contributed by atoms with Gasteiger partial charge in [0.15, 0.2) is 5.13 Å². The molecule has 0 aliphatic rings. The summed E-state index contributed by atoms with van der Waals surface area (Å²) in [6, 6.07) is 5.45. The summed E-state index contributed by atoms with van der Waals surface area (Å²) in [5, 5.41) is 7.06. The van der Waals surface area contributed by atoms with Crippen LogP contribution < -0.4 is 10.6 Å². The van der Waals surface area contributed by atoms with Crippen LogP contribution in [0.1, 0.15) is 28.1 Å².